The minimum absolute atomic E-state index is 0.116. The van der Waals surface area contributed by atoms with Crippen LogP contribution in [0.25, 0.3) is 0 Å². The maximum atomic E-state index is 13.1. The number of ketones is 1. The van der Waals surface area contributed by atoms with Gasteiger partial charge in [0.2, 0.25) is 0 Å². The lowest BCUT2D eigenvalue weighted by Crippen LogP contribution is -2.51. The number of likely N-dealkylation sites (N-methyl/N-ethyl adjacent to an activating group) is 1. The Balaban J connectivity index is 2.30. The van der Waals surface area contributed by atoms with Crippen LogP contribution in [0.1, 0.15) is 39.6 Å². The molecule has 24 heavy (non-hydrogen) atoms. The maximum Gasteiger partial charge on any atom is 0.335 e. The quantitative estimate of drug-likeness (QED) is 0.765. The van der Waals surface area contributed by atoms with Crippen molar-refractivity contribution >= 4 is 11.8 Å². The van der Waals surface area contributed by atoms with Crippen molar-refractivity contribution in [2.45, 2.75) is 25.3 Å². The first-order valence-corrected chi connectivity index (χ1v) is 7.73. The molecule has 2 aromatic carbocycles. The zero-order valence-electron chi connectivity index (χ0n) is 13.7. The highest BCUT2D eigenvalue weighted by atomic mass is 19.1. The molecule has 0 aliphatic carbocycles. The number of Topliss-reactive ketones (excluding diaryl/α,β-unsaturated/α-hetero) is 1. The molecule has 2 N–H and O–H groups in total. The lowest BCUT2D eigenvalue weighted by molar-refractivity contribution is 0.0696. The number of hydrogen-bond acceptors (Lipinski definition) is 3. The summed E-state index contributed by atoms with van der Waals surface area (Å²) in [4.78, 5) is 23.9. The third-order valence-corrected chi connectivity index (χ3v) is 4.33. The van der Waals surface area contributed by atoms with E-state index < -0.39 is 11.5 Å². The van der Waals surface area contributed by atoms with E-state index in [0.29, 0.717) is 18.4 Å². The fourth-order valence-electron chi connectivity index (χ4n) is 2.74. The number of carbonyl (C=O) groups excluding carboxylic acids is 1. The molecular formula is C19H20FNO3. The zero-order chi connectivity index (χ0) is 17.7. The molecule has 1 atom stereocenters. The largest absolute Gasteiger partial charge is 0.478 e. The highest BCUT2D eigenvalue weighted by Crippen LogP contribution is 2.23. The van der Waals surface area contributed by atoms with Gasteiger partial charge in [0.1, 0.15) is 5.82 Å². The van der Waals surface area contributed by atoms with E-state index in [-0.39, 0.29) is 17.2 Å². The third-order valence-electron chi connectivity index (χ3n) is 4.33. The fraction of sp³-hybridized carbons (Fsp3) is 0.263. The molecule has 0 bridgehead atoms. The molecule has 0 saturated heterocycles. The highest BCUT2D eigenvalue weighted by Gasteiger charge is 2.35. The molecule has 5 heteroatoms. The maximum absolute atomic E-state index is 13.1. The Morgan fingerprint density at radius 3 is 2.04 bits per heavy atom. The number of carboxylic acids is 1. The van der Waals surface area contributed by atoms with Crippen LogP contribution in [0.4, 0.5) is 4.39 Å². The molecule has 0 radical (unpaired) electrons. The fourth-order valence-corrected chi connectivity index (χ4v) is 2.74. The topological polar surface area (TPSA) is 66.4 Å². The molecule has 0 fully saturated rings. The van der Waals surface area contributed by atoms with Crippen molar-refractivity contribution in [1.29, 1.82) is 0 Å². The van der Waals surface area contributed by atoms with Crippen molar-refractivity contribution in [3.05, 3.63) is 71.0 Å². The normalized spacial score (nSPS) is 13.3. The van der Waals surface area contributed by atoms with Crippen LogP contribution >= 0.6 is 0 Å². The first-order valence-electron chi connectivity index (χ1n) is 7.73. The highest BCUT2D eigenvalue weighted by molar-refractivity contribution is 6.03. The number of benzene rings is 2. The Morgan fingerprint density at radius 1 is 1.04 bits per heavy atom. The molecule has 0 heterocycles. The van der Waals surface area contributed by atoms with E-state index in [1.807, 2.05) is 6.92 Å². The first-order chi connectivity index (χ1) is 11.4. The van der Waals surface area contributed by atoms with E-state index in [1.54, 1.807) is 19.2 Å². The Labute approximate surface area is 140 Å². The predicted molar refractivity (Wildman–Crippen MR) is 89.9 cm³/mol. The van der Waals surface area contributed by atoms with E-state index in [1.165, 1.54) is 36.4 Å². The molecule has 2 aromatic rings. The average Bonchev–Trinajstić information content (AvgIpc) is 2.60. The molecular weight excluding hydrogens is 309 g/mol. The van der Waals surface area contributed by atoms with Gasteiger partial charge in [0, 0.05) is 5.56 Å². The second-order valence-corrected chi connectivity index (χ2v) is 5.70. The number of hydrogen-bond donors (Lipinski definition) is 2. The summed E-state index contributed by atoms with van der Waals surface area (Å²) in [5.41, 5.74) is 0.666. The van der Waals surface area contributed by atoms with Crippen molar-refractivity contribution in [3.63, 3.8) is 0 Å². The van der Waals surface area contributed by atoms with E-state index in [0.717, 1.165) is 5.56 Å². The van der Waals surface area contributed by atoms with Gasteiger partial charge in [0.25, 0.3) is 0 Å². The van der Waals surface area contributed by atoms with Crippen LogP contribution < -0.4 is 5.32 Å². The van der Waals surface area contributed by atoms with E-state index in [9.17, 15) is 14.0 Å². The van der Waals surface area contributed by atoms with Gasteiger partial charge in [-0.2, -0.15) is 0 Å². The molecule has 126 valence electrons. The van der Waals surface area contributed by atoms with Crippen LogP contribution in [0.15, 0.2) is 48.5 Å². The summed E-state index contributed by atoms with van der Waals surface area (Å²) in [7, 11) is 1.72. The Bertz CT molecular complexity index is 719. The van der Waals surface area contributed by atoms with Gasteiger partial charge in [-0.1, -0.05) is 19.1 Å². The number of aromatic carboxylic acids is 1. The van der Waals surface area contributed by atoms with Gasteiger partial charge in [-0.15, -0.1) is 0 Å². The molecule has 0 aliphatic heterocycles. The summed E-state index contributed by atoms with van der Waals surface area (Å²) in [6.07, 6.45) is 0.955. The van der Waals surface area contributed by atoms with Crippen molar-refractivity contribution in [2.75, 3.05) is 7.05 Å². The first kappa shape index (κ1) is 17.8. The van der Waals surface area contributed by atoms with Crippen molar-refractivity contribution in [3.8, 4) is 0 Å². The Kier molecular flexibility index (Phi) is 5.46. The van der Waals surface area contributed by atoms with E-state index in [2.05, 4.69) is 5.32 Å². The Hall–Kier alpha value is -2.53. The molecule has 2 rings (SSSR count). The number of carboxylic acid groups (broad SMARTS) is 1. The molecule has 4 nitrogen and oxygen atoms in total. The van der Waals surface area contributed by atoms with Crippen molar-refractivity contribution < 1.29 is 19.1 Å². The number of rotatable bonds is 7. The molecule has 0 aliphatic rings. The summed E-state index contributed by atoms with van der Waals surface area (Å²) < 4.78 is 13.1. The van der Waals surface area contributed by atoms with Crippen LogP contribution in [0.3, 0.4) is 0 Å². The van der Waals surface area contributed by atoms with Gasteiger partial charge in [0.15, 0.2) is 5.78 Å². The van der Waals surface area contributed by atoms with E-state index >= 15 is 0 Å². The molecule has 0 aromatic heterocycles. The van der Waals surface area contributed by atoms with Crippen molar-refractivity contribution in [2.24, 2.45) is 0 Å². The monoisotopic (exact) mass is 329 g/mol. The van der Waals surface area contributed by atoms with E-state index in [4.69, 9.17) is 5.11 Å². The molecule has 0 spiro atoms. The standard InChI is InChI=1S/C19H20FNO3/c1-3-19(21-2,17(22)14-8-10-16(20)11-9-14)12-13-4-6-15(7-5-13)18(23)24/h4-11,21H,3,12H2,1-2H3,(H,23,24). The van der Waals surface area contributed by atoms with Crippen LogP contribution in [-0.4, -0.2) is 29.4 Å². The molecule has 0 saturated carbocycles. The Morgan fingerprint density at radius 2 is 1.58 bits per heavy atom. The second-order valence-electron chi connectivity index (χ2n) is 5.70. The second kappa shape index (κ2) is 7.36. The van der Waals surface area contributed by atoms with Gasteiger partial charge >= 0.3 is 5.97 Å². The van der Waals surface area contributed by atoms with Gasteiger partial charge in [-0.3, -0.25) is 4.79 Å². The number of nitrogens with one attached hydrogen (secondary N) is 1. The van der Waals surface area contributed by atoms with Crippen LogP contribution in [0.2, 0.25) is 0 Å². The summed E-state index contributed by atoms with van der Waals surface area (Å²) >= 11 is 0. The zero-order valence-corrected chi connectivity index (χ0v) is 13.7. The number of halogens is 1. The third kappa shape index (κ3) is 3.68. The van der Waals surface area contributed by atoms with Crippen LogP contribution in [-0.2, 0) is 6.42 Å². The minimum Gasteiger partial charge on any atom is -0.478 e. The van der Waals surface area contributed by atoms with Crippen LogP contribution in [0, 0.1) is 5.82 Å². The molecule has 1 unspecified atom stereocenters. The minimum atomic E-state index is -0.987. The predicted octanol–water partition coefficient (Wildman–Crippen LogP) is 3.32. The summed E-state index contributed by atoms with van der Waals surface area (Å²) in [5, 5.41) is 12.1. The number of carbonyl (C=O) groups is 2. The lowest BCUT2D eigenvalue weighted by Gasteiger charge is -2.31. The summed E-state index contributed by atoms with van der Waals surface area (Å²) in [6, 6.07) is 12.0. The summed E-state index contributed by atoms with van der Waals surface area (Å²) in [6.45, 7) is 1.91. The van der Waals surface area contributed by atoms with Crippen molar-refractivity contribution in [1.82, 2.24) is 5.32 Å². The smallest absolute Gasteiger partial charge is 0.335 e. The van der Waals surface area contributed by atoms with Gasteiger partial charge in [-0.05, 0) is 61.9 Å². The molecule has 0 amide bonds. The lowest BCUT2D eigenvalue weighted by atomic mass is 9.81. The van der Waals surface area contributed by atoms with Gasteiger partial charge < -0.3 is 10.4 Å². The average molecular weight is 329 g/mol. The summed E-state index contributed by atoms with van der Waals surface area (Å²) in [5.74, 6) is -1.49. The van der Waals surface area contributed by atoms with Gasteiger partial charge in [-0.25, -0.2) is 9.18 Å². The SMILES string of the molecule is CCC(Cc1ccc(C(=O)O)cc1)(NC)C(=O)c1ccc(F)cc1. The van der Waals surface area contributed by atoms with Crippen LogP contribution in [0.5, 0.6) is 0 Å². The van der Waals surface area contributed by atoms with Gasteiger partial charge in [0.05, 0.1) is 11.1 Å².